The van der Waals surface area contributed by atoms with E-state index in [1.54, 1.807) is 11.4 Å². The molecular weight excluding hydrogens is 320 g/mol. The number of methoxy groups -OCH3 is 1. The predicted molar refractivity (Wildman–Crippen MR) is 83.3 cm³/mol. The molecule has 2 heterocycles. The SMILES string of the molecule is COc1ccsc1S(=O)(=O)N1CCC(N)C(C)(C)C1.Cl. The van der Waals surface area contributed by atoms with Crippen molar-refractivity contribution in [2.45, 2.75) is 30.5 Å². The lowest BCUT2D eigenvalue weighted by molar-refractivity contribution is 0.155. The molecule has 1 saturated heterocycles. The van der Waals surface area contributed by atoms with Crippen molar-refractivity contribution in [3.63, 3.8) is 0 Å². The van der Waals surface area contributed by atoms with Crippen molar-refractivity contribution in [1.82, 2.24) is 4.31 Å². The van der Waals surface area contributed by atoms with Gasteiger partial charge in [-0.2, -0.15) is 4.31 Å². The third-order valence-electron chi connectivity index (χ3n) is 3.67. The highest BCUT2D eigenvalue weighted by atomic mass is 35.5. The minimum absolute atomic E-state index is 0. The van der Waals surface area contributed by atoms with E-state index in [1.165, 1.54) is 22.8 Å². The lowest BCUT2D eigenvalue weighted by Crippen LogP contribution is -2.53. The van der Waals surface area contributed by atoms with Crippen molar-refractivity contribution < 1.29 is 13.2 Å². The summed E-state index contributed by atoms with van der Waals surface area (Å²) in [5.41, 5.74) is 5.84. The minimum atomic E-state index is -3.48. The summed E-state index contributed by atoms with van der Waals surface area (Å²) in [7, 11) is -2.00. The molecule has 2 rings (SSSR count). The maximum absolute atomic E-state index is 12.6. The number of piperidine rings is 1. The minimum Gasteiger partial charge on any atom is -0.494 e. The van der Waals surface area contributed by atoms with Gasteiger partial charge in [0.15, 0.2) is 4.21 Å². The maximum Gasteiger partial charge on any atom is 0.256 e. The number of rotatable bonds is 3. The number of nitrogens with zero attached hydrogens (tertiary/aromatic N) is 1. The Morgan fingerprint density at radius 3 is 2.70 bits per heavy atom. The Bertz CT molecular complexity index is 557. The standard InChI is InChI=1S/C12H20N2O3S2.ClH/c1-12(2)8-14(6-4-10(12)13)19(15,16)11-9(17-3)5-7-18-11;/h5,7,10H,4,6,8,13H2,1-3H3;1H. The van der Waals surface area contributed by atoms with Gasteiger partial charge in [0.25, 0.3) is 10.0 Å². The summed E-state index contributed by atoms with van der Waals surface area (Å²) in [5.74, 6) is 0.415. The average Bonchev–Trinajstić information content (AvgIpc) is 2.81. The fraction of sp³-hybridized carbons (Fsp3) is 0.667. The van der Waals surface area contributed by atoms with Crippen LogP contribution in [0.15, 0.2) is 15.7 Å². The Morgan fingerprint density at radius 2 is 2.15 bits per heavy atom. The second kappa shape index (κ2) is 6.19. The van der Waals surface area contributed by atoms with Gasteiger partial charge < -0.3 is 10.5 Å². The van der Waals surface area contributed by atoms with Crippen LogP contribution in [0.4, 0.5) is 0 Å². The third-order valence-corrected chi connectivity index (χ3v) is 6.94. The Kier molecular flexibility index (Phi) is 5.48. The molecule has 0 bridgehead atoms. The zero-order chi connectivity index (χ0) is 14.3. The Morgan fingerprint density at radius 1 is 1.50 bits per heavy atom. The number of halogens is 1. The van der Waals surface area contributed by atoms with Crippen LogP contribution >= 0.6 is 23.7 Å². The Hall–Kier alpha value is -0.340. The molecule has 20 heavy (non-hydrogen) atoms. The molecule has 2 N–H and O–H groups in total. The predicted octanol–water partition coefficient (Wildman–Crippen LogP) is 1.93. The van der Waals surface area contributed by atoms with Crippen molar-refractivity contribution in [3.05, 3.63) is 11.4 Å². The average molecular weight is 341 g/mol. The first-order chi connectivity index (χ1) is 8.79. The zero-order valence-electron chi connectivity index (χ0n) is 11.8. The van der Waals surface area contributed by atoms with Gasteiger partial charge >= 0.3 is 0 Å². The van der Waals surface area contributed by atoms with E-state index in [9.17, 15) is 8.42 Å². The van der Waals surface area contributed by atoms with Crippen LogP contribution in [-0.2, 0) is 10.0 Å². The van der Waals surface area contributed by atoms with Crippen molar-refractivity contribution in [3.8, 4) is 5.75 Å². The molecule has 1 aromatic rings. The van der Waals surface area contributed by atoms with Crippen LogP contribution in [0.2, 0.25) is 0 Å². The highest BCUT2D eigenvalue weighted by molar-refractivity contribution is 7.91. The van der Waals surface area contributed by atoms with Crippen LogP contribution < -0.4 is 10.5 Å². The molecule has 1 fully saturated rings. The fourth-order valence-electron chi connectivity index (χ4n) is 2.27. The molecule has 5 nitrogen and oxygen atoms in total. The molecular formula is C12H21ClN2O3S2. The van der Waals surface area contributed by atoms with Gasteiger partial charge in [-0.3, -0.25) is 0 Å². The van der Waals surface area contributed by atoms with E-state index in [0.717, 1.165) is 0 Å². The highest BCUT2D eigenvalue weighted by Gasteiger charge is 2.40. The Balaban J connectivity index is 0.00000200. The number of hydrogen-bond donors (Lipinski definition) is 1. The zero-order valence-corrected chi connectivity index (χ0v) is 14.3. The van der Waals surface area contributed by atoms with Gasteiger partial charge in [0.05, 0.1) is 7.11 Å². The van der Waals surface area contributed by atoms with Crippen LogP contribution in [0.5, 0.6) is 5.75 Å². The van der Waals surface area contributed by atoms with Crippen LogP contribution in [0.25, 0.3) is 0 Å². The largest absolute Gasteiger partial charge is 0.494 e. The molecule has 0 aromatic carbocycles. The van der Waals surface area contributed by atoms with E-state index in [0.29, 0.717) is 25.3 Å². The van der Waals surface area contributed by atoms with Crippen molar-refractivity contribution in [2.75, 3.05) is 20.2 Å². The van der Waals surface area contributed by atoms with Crippen LogP contribution in [0.3, 0.4) is 0 Å². The molecule has 116 valence electrons. The number of sulfonamides is 1. The summed E-state index contributed by atoms with van der Waals surface area (Å²) in [6.45, 7) is 4.92. The van der Waals surface area contributed by atoms with Gasteiger partial charge in [0, 0.05) is 19.1 Å². The topological polar surface area (TPSA) is 72.6 Å². The molecule has 1 aromatic heterocycles. The monoisotopic (exact) mass is 340 g/mol. The van der Waals surface area contributed by atoms with E-state index < -0.39 is 10.0 Å². The van der Waals surface area contributed by atoms with E-state index in [-0.39, 0.29) is 28.1 Å². The molecule has 0 radical (unpaired) electrons. The van der Waals surface area contributed by atoms with Crippen molar-refractivity contribution in [2.24, 2.45) is 11.1 Å². The molecule has 1 aliphatic rings. The molecule has 1 atom stereocenters. The van der Waals surface area contributed by atoms with Gasteiger partial charge in [0.2, 0.25) is 0 Å². The van der Waals surface area contributed by atoms with E-state index in [2.05, 4.69) is 0 Å². The van der Waals surface area contributed by atoms with Crippen molar-refractivity contribution >= 4 is 33.8 Å². The van der Waals surface area contributed by atoms with E-state index >= 15 is 0 Å². The first kappa shape index (κ1) is 17.7. The summed E-state index contributed by atoms with van der Waals surface area (Å²) in [6, 6.07) is 1.71. The summed E-state index contributed by atoms with van der Waals surface area (Å²) >= 11 is 1.19. The molecule has 0 spiro atoms. The number of nitrogens with two attached hydrogens (primary N) is 1. The second-order valence-corrected chi connectivity index (χ2v) is 8.55. The van der Waals surface area contributed by atoms with Gasteiger partial charge in [-0.05, 0) is 23.3 Å². The van der Waals surface area contributed by atoms with Crippen molar-refractivity contribution in [1.29, 1.82) is 0 Å². The number of hydrogen-bond acceptors (Lipinski definition) is 5. The first-order valence-corrected chi connectivity index (χ1v) is 8.48. The fourth-order valence-corrected chi connectivity index (χ4v) is 5.31. The maximum atomic E-state index is 12.6. The number of thiophene rings is 1. The summed E-state index contributed by atoms with van der Waals surface area (Å²) in [5, 5.41) is 1.73. The van der Waals surface area contributed by atoms with Gasteiger partial charge in [0.1, 0.15) is 5.75 Å². The van der Waals surface area contributed by atoms with E-state index in [4.69, 9.17) is 10.5 Å². The highest BCUT2D eigenvalue weighted by Crippen LogP contribution is 2.36. The first-order valence-electron chi connectivity index (χ1n) is 6.16. The van der Waals surface area contributed by atoms with E-state index in [1.807, 2.05) is 13.8 Å². The quantitative estimate of drug-likeness (QED) is 0.912. The molecule has 0 saturated carbocycles. The molecule has 0 aliphatic carbocycles. The second-order valence-electron chi connectivity index (χ2n) is 5.50. The van der Waals surface area contributed by atoms with Crippen LogP contribution in [0.1, 0.15) is 20.3 Å². The smallest absolute Gasteiger partial charge is 0.256 e. The van der Waals surface area contributed by atoms with Gasteiger partial charge in [-0.15, -0.1) is 23.7 Å². The lowest BCUT2D eigenvalue weighted by atomic mass is 9.81. The summed E-state index contributed by atoms with van der Waals surface area (Å²) in [6.07, 6.45) is 0.680. The van der Waals surface area contributed by atoms with Gasteiger partial charge in [-0.25, -0.2) is 8.42 Å². The lowest BCUT2D eigenvalue weighted by Gasteiger charge is -2.41. The molecule has 8 heteroatoms. The molecule has 1 aliphatic heterocycles. The third kappa shape index (κ3) is 3.12. The number of ether oxygens (including phenoxy) is 1. The molecule has 1 unspecified atom stereocenters. The normalized spacial score (nSPS) is 23.1. The summed E-state index contributed by atoms with van der Waals surface area (Å²) < 4.78 is 32.2. The van der Waals surface area contributed by atoms with Gasteiger partial charge in [-0.1, -0.05) is 13.8 Å². The molecule has 0 amide bonds. The van der Waals surface area contributed by atoms with Crippen LogP contribution in [0, 0.1) is 5.41 Å². The Labute approximate surface area is 130 Å². The van der Waals surface area contributed by atoms with Crippen LogP contribution in [-0.4, -0.2) is 39.0 Å². The summed E-state index contributed by atoms with van der Waals surface area (Å²) in [4.78, 5) is 0.